The minimum Gasteiger partial charge on any atom is -0.198 e. The molecule has 0 fully saturated rings. The zero-order valence-electron chi connectivity index (χ0n) is 7.41. The van der Waals surface area contributed by atoms with E-state index >= 15 is 0 Å². The average molecular weight is 153 g/mol. The van der Waals surface area contributed by atoms with Gasteiger partial charge in [-0.25, -0.2) is 0 Å². The zero-order chi connectivity index (χ0) is 8.69. The van der Waals surface area contributed by atoms with E-state index in [-0.39, 0.29) is 5.92 Å². The van der Waals surface area contributed by atoms with Gasteiger partial charge in [0, 0.05) is 0 Å². The third kappa shape index (κ3) is 6.98. The topological polar surface area (TPSA) is 48.5 Å². The average Bonchev–Trinajstić information content (AvgIpc) is 1.97. The van der Waals surface area contributed by atoms with E-state index in [1.807, 2.05) is 6.92 Å². The van der Waals surface area contributed by atoms with Crippen LogP contribution < -0.4 is 0 Å². The molecule has 0 spiro atoms. The maximum atomic E-state index is 8.39. The first-order valence-corrected chi connectivity index (χ1v) is 3.89. The summed E-state index contributed by atoms with van der Waals surface area (Å²) >= 11 is 0. The first-order chi connectivity index (χ1) is 5.16. The Morgan fingerprint density at radius 2 is 1.73 bits per heavy atom. The molecule has 0 bridgehead atoms. The molecule has 0 aliphatic carbocycles. The number of hydrogen-bond donors (Lipinski definition) is 0. The molecule has 0 amide bonds. The van der Waals surface area contributed by atoms with Gasteiger partial charge in [-0.1, -0.05) is 13.8 Å². The molecule has 0 aromatic carbocycles. The Morgan fingerprint density at radius 1 is 1.18 bits per heavy atom. The van der Waals surface area contributed by atoms with Crippen molar-refractivity contribution in [2.45, 2.75) is 20.8 Å². The molecule has 0 aliphatic heterocycles. The summed E-state index contributed by atoms with van der Waals surface area (Å²) in [7, 11) is 0. The number of nitriles is 1. The fourth-order valence-electron chi connectivity index (χ4n) is 0.442. The second kappa shape index (κ2) is 5.84. The Labute approximate surface area is 68.1 Å². The molecule has 0 heterocycles. The predicted molar refractivity (Wildman–Crippen MR) is 44.2 cm³/mol. The maximum absolute atomic E-state index is 8.39. The first kappa shape index (κ1) is 10.1. The standard InChI is InChI=1S/C8H15N3/c1-7(2)5-10-11-6-8(3)4-9/h7-8H,5-6H2,1-3H3. The van der Waals surface area contributed by atoms with E-state index in [2.05, 4.69) is 30.1 Å². The molecule has 0 saturated carbocycles. The molecule has 0 N–H and O–H groups in total. The van der Waals surface area contributed by atoms with Gasteiger partial charge in [0.1, 0.15) is 0 Å². The van der Waals surface area contributed by atoms with Crippen LogP contribution in [0.1, 0.15) is 20.8 Å². The van der Waals surface area contributed by atoms with Crippen molar-refractivity contribution in [3.8, 4) is 6.07 Å². The lowest BCUT2D eigenvalue weighted by molar-refractivity contribution is 0.620. The Balaban J connectivity index is 3.39. The van der Waals surface area contributed by atoms with E-state index in [0.717, 1.165) is 6.54 Å². The molecule has 0 rings (SSSR count). The minimum atomic E-state index is -0.00841. The summed E-state index contributed by atoms with van der Waals surface area (Å²) in [5.74, 6) is 0.544. The van der Waals surface area contributed by atoms with E-state index in [4.69, 9.17) is 5.26 Å². The smallest absolute Gasteiger partial charge is 0.0754 e. The summed E-state index contributed by atoms with van der Waals surface area (Å²) in [6.07, 6.45) is 0. The van der Waals surface area contributed by atoms with Crippen molar-refractivity contribution in [3.63, 3.8) is 0 Å². The van der Waals surface area contributed by atoms with Crippen molar-refractivity contribution < 1.29 is 0 Å². The summed E-state index contributed by atoms with van der Waals surface area (Å²) in [6, 6.07) is 2.10. The second-order valence-corrected chi connectivity index (χ2v) is 3.07. The van der Waals surface area contributed by atoms with Crippen LogP contribution in [-0.4, -0.2) is 13.1 Å². The van der Waals surface area contributed by atoms with Gasteiger partial charge in [-0.05, 0) is 12.8 Å². The van der Waals surface area contributed by atoms with Crippen LogP contribution in [0.4, 0.5) is 0 Å². The molecule has 1 atom stereocenters. The van der Waals surface area contributed by atoms with E-state index in [1.54, 1.807) is 0 Å². The van der Waals surface area contributed by atoms with Crippen molar-refractivity contribution in [1.29, 1.82) is 5.26 Å². The van der Waals surface area contributed by atoms with Gasteiger partial charge < -0.3 is 0 Å². The maximum Gasteiger partial charge on any atom is 0.0754 e. The Morgan fingerprint density at radius 3 is 2.18 bits per heavy atom. The summed E-state index contributed by atoms with van der Waals surface area (Å²) in [6.45, 7) is 7.31. The lowest BCUT2D eigenvalue weighted by Crippen LogP contribution is -1.95. The Kier molecular flexibility index (Phi) is 5.36. The molecule has 62 valence electrons. The van der Waals surface area contributed by atoms with Gasteiger partial charge in [-0.3, -0.25) is 0 Å². The van der Waals surface area contributed by atoms with Crippen molar-refractivity contribution in [2.75, 3.05) is 13.1 Å². The number of azo groups is 1. The molecule has 1 unspecified atom stereocenters. The van der Waals surface area contributed by atoms with Crippen LogP contribution in [0.5, 0.6) is 0 Å². The minimum absolute atomic E-state index is 0.00841. The Bertz CT molecular complexity index is 155. The molecule has 0 radical (unpaired) electrons. The Hall–Kier alpha value is -0.910. The van der Waals surface area contributed by atoms with Crippen LogP contribution in [0.2, 0.25) is 0 Å². The molecular formula is C8H15N3. The second-order valence-electron chi connectivity index (χ2n) is 3.07. The first-order valence-electron chi connectivity index (χ1n) is 3.89. The number of nitrogens with zero attached hydrogens (tertiary/aromatic N) is 3. The lowest BCUT2D eigenvalue weighted by Gasteiger charge is -1.96. The highest BCUT2D eigenvalue weighted by molar-refractivity contribution is 4.79. The van der Waals surface area contributed by atoms with E-state index in [1.165, 1.54) is 0 Å². The number of hydrogen-bond acceptors (Lipinski definition) is 3. The summed E-state index contributed by atoms with van der Waals surface area (Å²) < 4.78 is 0. The van der Waals surface area contributed by atoms with Crippen molar-refractivity contribution in [2.24, 2.45) is 22.1 Å². The van der Waals surface area contributed by atoms with Crippen LogP contribution in [0.25, 0.3) is 0 Å². The normalized spacial score (nSPS) is 13.7. The van der Waals surface area contributed by atoms with Gasteiger partial charge in [0.2, 0.25) is 0 Å². The van der Waals surface area contributed by atoms with E-state index < -0.39 is 0 Å². The molecule has 0 aromatic rings. The van der Waals surface area contributed by atoms with Crippen LogP contribution in [0, 0.1) is 23.2 Å². The van der Waals surface area contributed by atoms with Gasteiger partial charge in [-0.15, -0.1) is 0 Å². The monoisotopic (exact) mass is 153 g/mol. The van der Waals surface area contributed by atoms with Crippen LogP contribution in [-0.2, 0) is 0 Å². The van der Waals surface area contributed by atoms with E-state index in [0.29, 0.717) is 12.5 Å². The van der Waals surface area contributed by atoms with E-state index in [9.17, 15) is 0 Å². The molecule has 0 saturated heterocycles. The third-order valence-electron chi connectivity index (χ3n) is 1.12. The molecule has 3 heteroatoms. The molecule has 3 nitrogen and oxygen atoms in total. The van der Waals surface area contributed by atoms with Crippen molar-refractivity contribution in [3.05, 3.63) is 0 Å². The molecule has 0 aliphatic rings. The SMILES string of the molecule is CC(C)CN=NCC(C)C#N. The summed E-state index contributed by atoms with van der Waals surface area (Å²) in [5, 5.41) is 16.2. The highest BCUT2D eigenvalue weighted by atomic mass is 15.1. The summed E-state index contributed by atoms with van der Waals surface area (Å²) in [4.78, 5) is 0. The van der Waals surface area contributed by atoms with Crippen LogP contribution in [0.15, 0.2) is 10.2 Å². The fraction of sp³-hybridized carbons (Fsp3) is 0.875. The van der Waals surface area contributed by atoms with Crippen molar-refractivity contribution in [1.82, 2.24) is 0 Å². The molecular weight excluding hydrogens is 138 g/mol. The van der Waals surface area contributed by atoms with Crippen LogP contribution >= 0.6 is 0 Å². The summed E-state index contributed by atoms with van der Waals surface area (Å²) in [5.41, 5.74) is 0. The van der Waals surface area contributed by atoms with Crippen molar-refractivity contribution >= 4 is 0 Å². The van der Waals surface area contributed by atoms with Gasteiger partial charge in [0.15, 0.2) is 0 Å². The third-order valence-corrected chi connectivity index (χ3v) is 1.12. The quantitative estimate of drug-likeness (QED) is 0.571. The zero-order valence-corrected chi connectivity index (χ0v) is 7.41. The number of rotatable bonds is 4. The highest BCUT2D eigenvalue weighted by Crippen LogP contribution is 1.95. The highest BCUT2D eigenvalue weighted by Gasteiger charge is 1.95. The fourth-order valence-corrected chi connectivity index (χ4v) is 0.442. The lowest BCUT2D eigenvalue weighted by atomic mass is 10.2. The van der Waals surface area contributed by atoms with Gasteiger partial charge >= 0.3 is 0 Å². The molecule has 0 aromatic heterocycles. The molecule has 11 heavy (non-hydrogen) atoms. The van der Waals surface area contributed by atoms with Gasteiger partial charge in [-0.2, -0.15) is 15.5 Å². The van der Waals surface area contributed by atoms with Gasteiger partial charge in [0.05, 0.1) is 25.1 Å². The van der Waals surface area contributed by atoms with Crippen LogP contribution in [0.3, 0.4) is 0 Å². The van der Waals surface area contributed by atoms with Gasteiger partial charge in [0.25, 0.3) is 0 Å². The largest absolute Gasteiger partial charge is 0.198 e. The predicted octanol–water partition coefficient (Wildman–Crippen LogP) is 2.25.